The fraction of sp³-hybridized carbons (Fsp3) is 0.0417. The van der Waals surface area contributed by atoms with Crippen LogP contribution in [0.15, 0.2) is 89.7 Å². The van der Waals surface area contributed by atoms with Gasteiger partial charge in [0, 0.05) is 23.9 Å². The molecule has 2 heterocycles. The van der Waals surface area contributed by atoms with Crippen molar-refractivity contribution in [1.82, 2.24) is 10.3 Å². The highest BCUT2D eigenvalue weighted by Crippen LogP contribution is 2.18. The molecule has 0 radical (unpaired) electrons. The summed E-state index contributed by atoms with van der Waals surface area (Å²) in [5.74, 6) is -0.482. The number of rotatable bonds is 6. The molecule has 0 aliphatic carbocycles. The van der Waals surface area contributed by atoms with E-state index < -0.39 is 5.82 Å². The summed E-state index contributed by atoms with van der Waals surface area (Å²) in [5, 5.41) is 2.81. The Labute approximate surface area is 172 Å². The number of pyridine rings is 1. The van der Waals surface area contributed by atoms with Crippen LogP contribution in [-0.4, -0.2) is 16.7 Å². The minimum atomic E-state index is -0.427. The van der Waals surface area contributed by atoms with Gasteiger partial charge < -0.3 is 9.73 Å². The topological polar surface area (TPSA) is 72.2 Å². The highest BCUT2D eigenvalue weighted by atomic mass is 19.1. The average molecular weight is 400 g/mol. The lowest BCUT2D eigenvalue weighted by molar-refractivity contribution is 0.0939. The molecule has 1 N–H and O–H groups in total. The Balaban J connectivity index is 1.47. The summed E-state index contributed by atoms with van der Waals surface area (Å²) in [4.78, 5) is 29.8. The number of benzene rings is 2. The number of carbonyl (C=O) groups is 2. The van der Waals surface area contributed by atoms with Gasteiger partial charge in [0.1, 0.15) is 11.5 Å². The molecule has 4 rings (SSSR count). The van der Waals surface area contributed by atoms with Crippen LogP contribution in [0.25, 0.3) is 11.5 Å². The molecule has 0 spiro atoms. The Hall–Kier alpha value is -4.06. The lowest BCUT2D eigenvalue weighted by Crippen LogP contribution is -2.25. The number of carbonyl (C=O) groups excluding carboxylic acids is 2. The second kappa shape index (κ2) is 8.53. The molecule has 0 atom stereocenters. The molecular formula is C24H17FN2O3. The third-order valence-electron chi connectivity index (χ3n) is 4.57. The largest absolute Gasteiger partial charge is 0.463 e. The summed E-state index contributed by atoms with van der Waals surface area (Å²) >= 11 is 0. The van der Waals surface area contributed by atoms with Crippen molar-refractivity contribution in [2.45, 2.75) is 6.54 Å². The van der Waals surface area contributed by atoms with Gasteiger partial charge >= 0.3 is 0 Å². The second-order valence-electron chi connectivity index (χ2n) is 6.59. The number of hydrogen-bond acceptors (Lipinski definition) is 4. The van der Waals surface area contributed by atoms with Crippen LogP contribution in [0.3, 0.4) is 0 Å². The number of halogens is 1. The van der Waals surface area contributed by atoms with E-state index in [0.29, 0.717) is 17.0 Å². The zero-order valence-corrected chi connectivity index (χ0v) is 15.8. The van der Waals surface area contributed by atoms with Crippen LogP contribution in [0.4, 0.5) is 4.39 Å². The van der Waals surface area contributed by atoms with E-state index in [9.17, 15) is 14.0 Å². The number of nitrogens with zero attached hydrogens (tertiary/aromatic N) is 1. The van der Waals surface area contributed by atoms with Crippen LogP contribution in [0, 0.1) is 5.82 Å². The molecule has 5 nitrogen and oxygen atoms in total. The molecule has 0 saturated carbocycles. The molecule has 0 fully saturated rings. The molecule has 148 valence electrons. The number of furan rings is 1. The first-order chi connectivity index (χ1) is 14.6. The lowest BCUT2D eigenvalue weighted by Gasteiger charge is -2.10. The van der Waals surface area contributed by atoms with Gasteiger partial charge in [-0.1, -0.05) is 24.3 Å². The maximum Gasteiger partial charge on any atom is 0.252 e. The van der Waals surface area contributed by atoms with Crippen molar-refractivity contribution >= 4 is 11.7 Å². The maximum atomic E-state index is 13.1. The first kappa shape index (κ1) is 19.3. The number of nitrogens with one attached hydrogen (secondary N) is 1. The van der Waals surface area contributed by atoms with Crippen molar-refractivity contribution in [2.24, 2.45) is 0 Å². The highest BCUT2D eigenvalue weighted by Gasteiger charge is 2.18. The molecule has 1 amide bonds. The Morgan fingerprint density at radius 2 is 1.67 bits per heavy atom. The third kappa shape index (κ3) is 4.17. The summed E-state index contributed by atoms with van der Waals surface area (Å²) < 4.78 is 18.4. The van der Waals surface area contributed by atoms with Gasteiger partial charge in [-0.25, -0.2) is 4.39 Å². The van der Waals surface area contributed by atoms with Gasteiger partial charge in [-0.2, -0.15) is 0 Å². The van der Waals surface area contributed by atoms with Gasteiger partial charge in [0.05, 0.1) is 11.8 Å². The summed E-state index contributed by atoms with van der Waals surface area (Å²) in [7, 11) is 0. The number of aromatic nitrogens is 1. The monoisotopic (exact) mass is 400 g/mol. The van der Waals surface area contributed by atoms with Crippen molar-refractivity contribution < 1.29 is 18.4 Å². The minimum absolute atomic E-state index is 0.253. The van der Waals surface area contributed by atoms with Crippen molar-refractivity contribution in [3.63, 3.8) is 0 Å². The molecule has 4 aromatic rings. The van der Waals surface area contributed by atoms with E-state index in [1.54, 1.807) is 42.8 Å². The smallest absolute Gasteiger partial charge is 0.252 e. The molecular weight excluding hydrogens is 383 g/mol. The number of hydrogen-bond donors (Lipinski definition) is 1. The van der Waals surface area contributed by atoms with E-state index in [0.717, 1.165) is 5.56 Å². The molecule has 6 heteroatoms. The van der Waals surface area contributed by atoms with Gasteiger partial charge in [0.2, 0.25) is 0 Å². The van der Waals surface area contributed by atoms with Crippen molar-refractivity contribution in [3.8, 4) is 11.5 Å². The van der Waals surface area contributed by atoms with Gasteiger partial charge in [-0.15, -0.1) is 0 Å². The Morgan fingerprint density at radius 3 is 2.33 bits per heavy atom. The van der Waals surface area contributed by atoms with Crippen molar-refractivity contribution in [3.05, 3.63) is 113 Å². The quantitative estimate of drug-likeness (QED) is 0.479. The molecule has 0 unspecified atom stereocenters. The predicted molar refractivity (Wildman–Crippen MR) is 109 cm³/mol. The lowest BCUT2D eigenvalue weighted by atomic mass is 9.98. The van der Waals surface area contributed by atoms with Crippen LogP contribution < -0.4 is 5.32 Å². The molecule has 0 aliphatic heterocycles. The molecule has 30 heavy (non-hydrogen) atoms. The van der Waals surface area contributed by atoms with E-state index in [1.807, 2.05) is 18.2 Å². The van der Waals surface area contributed by atoms with Gasteiger partial charge in [0.25, 0.3) is 5.91 Å². The molecule has 0 bridgehead atoms. The Morgan fingerprint density at radius 1 is 0.900 bits per heavy atom. The van der Waals surface area contributed by atoms with E-state index in [1.165, 1.54) is 24.3 Å². The van der Waals surface area contributed by atoms with Crippen LogP contribution in [0.5, 0.6) is 0 Å². The van der Waals surface area contributed by atoms with E-state index in [-0.39, 0.29) is 29.4 Å². The summed E-state index contributed by atoms with van der Waals surface area (Å²) in [6.45, 7) is 0.253. The van der Waals surface area contributed by atoms with E-state index in [2.05, 4.69) is 10.3 Å². The van der Waals surface area contributed by atoms with Crippen LogP contribution >= 0.6 is 0 Å². The third-order valence-corrected chi connectivity index (χ3v) is 4.57. The van der Waals surface area contributed by atoms with Gasteiger partial charge in [-0.05, 0) is 54.1 Å². The van der Waals surface area contributed by atoms with E-state index >= 15 is 0 Å². The minimum Gasteiger partial charge on any atom is -0.463 e. The average Bonchev–Trinajstić information content (AvgIpc) is 3.33. The Kier molecular flexibility index (Phi) is 5.48. The molecule has 2 aromatic heterocycles. The standard InChI is InChI=1S/C24H17FN2O3/c25-18-10-8-17(9-11-18)23(28)19-4-1-2-5-20(19)24(29)27-15-16-7-12-21(26-14-16)22-6-3-13-30-22/h1-14H,15H2,(H,27,29). The van der Waals surface area contributed by atoms with Crippen LogP contribution in [0.2, 0.25) is 0 Å². The summed E-state index contributed by atoms with van der Waals surface area (Å²) in [5.41, 5.74) is 2.33. The highest BCUT2D eigenvalue weighted by molar-refractivity contribution is 6.15. The predicted octanol–water partition coefficient (Wildman–Crippen LogP) is 4.64. The molecule has 0 saturated heterocycles. The Bertz CT molecular complexity index is 1170. The second-order valence-corrected chi connectivity index (χ2v) is 6.59. The van der Waals surface area contributed by atoms with Crippen molar-refractivity contribution in [2.75, 3.05) is 0 Å². The van der Waals surface area contributed by atoms with Gasteiger partial charge in [0.15, 0.2) is 11.5 Å². The zero-order chi connectivity index (χ0) is 20.9. The number of amides is 1. The van der Waals surface area contributed by atoms with Gasteiger partial charge in [-0.3, -0.25) is 14.6 Å². The fourth-order valence-corrected chi connectivity index (χ4v) is 3.01. The molecule has 0 aliphatic rings. The number of ketones is 1. The maximum absolute atomic E-state index is 13.1. The SMILES string of the molecule is O=C(NCc1ccc(-c2ccco2)nc1)c1ccccc1C(=O)c1ccc(F)cc1. The molecule has 2 aromatic carbocycles. The normalized spacial score (nSPS) is 10.6. The summed E-state index contributed by atoms with van der Waals surface area (Å²) in [6.07, 6.45) is 3.24. The fourth-order valence-electron chi connectivity index (χ4n) is 3.01. The van der Waals surface area contributed by atoms with Crippen molar-refractivity contribution in [1.29, 1.82) is 0 Å². The zero-order valence-electron chi connectivity index (χ0n) is 15.8. The van der Waals surface area contributed by atoms with Crippen LogP contribution in [-0.2, 0) is 6.54 Å². The first-order valence-electron chi connectivity index (χ1n) is 9.28. The summed E-state index contributed by atoms with van der Waals surface area (Å²) in [6, 6.07) is 19.1. The first-order valence-corrected chi connectivity index (χ1v) is 9.28. The van der Waals surface area contributed by atoms with Crippen LogP contribution in [0.1, 0.15) is 31.8 Å². The van der Waals surface area contributed by atoms with E-state index in [4.69, 9.17) is 4.42 Å².